The number of carbonyl (C=O) groups excluding carboxylic acids is 2. The van der Waals surface area contributed by atoms with Crippen molar-refractivity contribution in [1.29, 1.82) is 0 Å². The van der Waals surface area contributed by atoms with E-state index in [2.05, 4.69) is 9.97 Å². The van der Waals surface area contributed by atoms with Gasteiger partial charge in [-0.05, 0) is 12.1 Å². The van der Waals surface area contributed by atoms with Crippen LogP contribution in [0.1, 0.15) is 13.3 Å². The maximum absolute atomic E-state index is 12.1. The number of hydrogen-bond donors (Lipinski definition) is 0. The van der Waals surface area contributed by atoms with Crippen LogP contribution in [0.4, 0.5) is 5.13 Å². The van der Waals surface area contributed by atoms with Crippen LogP contribution < -0.4 is 4.90 Å². The van der Waals surface area contributed by atoms with Crippen molar-refractivity contribution in [3.05, 3.63) is 29.8 Å². The van der Waals surface area contributed by atoms with Gasteiger partial charge in [-0.3, -0.25) is 19.5 Å². The summed E-state index contributed by atoms with van der Waals surface area (Å²) in [5, 5.41) is 2.64. The molecule has 3 heterocycles. The SMILES string of the molecule is CC(=O)SC1CC(=O)N(c2nc(-c3ccccn3)cs2)C1. The molecule has 3 rings (SSSR count). The number of rotatable bonds is 3. The van der Waals surface area contributed by atoms with E-state index in [-0.39, 0.29) is 16.3 Å². The van der Waals surface area contributed by atoms with Crippen LogP contribution in [0, 0.1) is 0 Å². The maximum atomic E-state index is 12.1. The highest BCUT2D eigenvalue weighted by molar-refractivity contribution is 8.14. The number of anilines is 1. The predicted octanol–water partition coefficient (Wildman–Crippen LogP) is 2.59. The first kappa shape index (κ1) is 14.2. The topological polar surface area (TPSA) is 63.2 Å². The summed E-state index contributed by atoms with van der Waals surface area (Å²) >= 11 is 2.66. The molecule has 7 heteroatoms. The van der Waals surface area contributed by atoms with Gasteiger partial charge in [-0.1, -0.05) is 17.8 Å². The molecule has 0 saturated carbocycles. The number of nitrogens with zero attached hydrogens (tertiary/aromatic N) is 3. The summed E-state index contributed by atoms with van der Waals surface area (Å²) in [6.07, 6.45) is 2.11. The van der Waals surface area contributed by atoms with E-state index in [0.717, 1.165) is 11.4 Å². The Morgan fingerprint density at radius 3 is 3.00 bits per heavy atom. The smallest absolute Gasteiger partial charge is 0.230 e. The highest BCUT2D eigenvalue weighted by Crippen LogP contribution is 2.32. The van der Waals surface area contributed by atoms with Crippen molar-refractivity contribution >= 4 is 39.3 Å². The van der Waals surface area contributed by atoms with Crippen molar-refractivity contribution in [3.8, 4) is 11.4 Å². The Labute approximate surface area is 130 Å². The molecule has 0 radical (unpaired) electrons. The van der Waals surface area contributed by atoms with Gasteiger partial charge in [-0.2, -0.15) is 0 Å². The molecule has 1 amide bonds. The minimum atomic E-state index is 0.0238. The van der Waals surface area contributed by atoms with Crippen LogP contribution in [-0.4, -0.2) is 32.8 Å². The quantitative estimate of drug-likeness (QED) is 0.870. The van der Waals surface area contributed by atoms with Gasteiger partial charge < -0.3 is 0 Å². The van der Waals surface area contributed by atoms with Crippen molar-refractivity contribution in [2.75, 3.05) is 11.4 Å². The van der Waals surface area contributed by atoms with Gasteiger partial charge >= 0.3 is 0 Å². The van der Waals surface area contributed by atoms with Crippen LogP contribution >= 0.6 is 23.1 Å². The van der Waals surface area contributed by atoms with Crippen molar-refractivity contribution in [2.45, 2.75) is 18.6 Å². The monoisotopic (exact) mass is 319 g/mol. The normalized spacial score (nSPS) is 18.2. The zero-order chi connectivity index (χ0) is 14.8. The Morgan fingerprint density at radius 1 is 1.43 bits per heavy atom. The molecule has 1 aliphatic rings. The Morgan fingerprint density at radius 2 is 2.29 bits per heavy atom. The lowest BCUT2D eigenvalue weighted by molar-refractivity contribution is -0.117. The molecule has 0 N–H and O–H groups in total. The van der Waals surface area contributed by atoms with Gasteiger partial charge in [-0.15, -0.1) is 11.3 Å². The minimum Gasteiger partial charge on any atom is -0.288 e. The average molecular weight is 319 g/mol. The lowest BCUT2D eigenvalue weighted by atomic mass is 10.3. The van der Waals surface area contributed by atoms with E-state index in [9.17, 15) is 9.59 Å². The molecule has 108 valence electrons. The third-order valence-corrected chi connectivity index (χ3v) is 4.92. The zero-order valence-corrected chi connectivity index (χ0v) is 13.0. The van der Waals surface area contributed by atoms with E-state index in [0.29, 0.717) is 18.1 Å². The summed E-state index contributed by atoms with van der Waals surface area (Å²) in [5.41, 5.74) is 1.56. The molecule has 2 aromatic rings. The molecule has 5 nitrogen and oxygen atoms in total. The van der Waals surface area contributed by atoms with Gasteiger partial charge in [0, 0.05) is 36.7 Å². The van der Waals surface area contributed by atoms with Crippen molar-refractivity contribution in [1.82, 2.24) is 9.97 Å². The van der Waals surface area contributed by atoms with Crippen molar-refractivity contribution in [3.63, 3.8) is 0 Å². The van der Waals surface area contributed by atoms with Crippen LogP contribution in [-0.2, 0) is 9.59 Å². The summed E-state index contributed by atoms with van der Waals surface area (Å²) in [6, 6.07) is 5.64. The number of carbonyl (C=O) groups is 2. The van der Waals surface area contributed by atoms with Crippen molar-refractivity contribution < 1.29 is 9.59 Å². The molecule has 21 heavy (non-hydrogen) atoms. The Kier molecular flexibility index (Phi) is 4.03. The second-order valence-corrected chi connectivity index (χ2v) is 6.98. The lowest BCUT2D eigenvalue weighted by Crippen LogP contribution is -2.24. The molecule has 0 aliphatic carbocycles. The van der Waals surface area contributed by atoms with Gasteiger partial charge in [0.25, 0.3) is 0 Å². The summed E-state index contributed by atoms with van der Waals surface area (Å²) in [7, 11) is 0. The zero-order valence-electron chi connectivity index (χ0n) is 11.4. The van der Waals surface area contributed by atoms with Gasteiger partial charge in [0.15, 0.2) is 10.2 Å². The van der Waals surface area contributed by atoms with E-state index in [1.807, 2.05) is 23.6 Å². The molecular formula is C14H13N3O2S2. The Hall–Kier alpha value is -1.73. The molecule has 1 unspecified atom stereocenters. The highest BCUT2D eigenvalue weighted by atomic mass is 32.2. The van der Waals surface area contributed by atoms with E-state index in [1.165, 1.54) is 30.0 Å². The molecule has 1 saturated heterocycles. The van der Waals surface area contributed by atoms with E-state index in [4.69, 9.17) is 0 Å². The number of thiazole rings is 1. The van der Waals surface area contributed by atoms with E-state index >= 15 is 0 Å². The van der Waals surface area contributed by atoms with Crippen LogP contribution in [0.5, 0.6) is 0 Å². The Balaban J connectivity index is 1.78. The summed E-state index contributed by atoms with van der Waals surface area (Å²) in [5.74, 6) is 0.0238. The van der Waals surface area contributed by atoms with Crippen molar-refractivity contribution in [2.24, 2.45) is 0 Å². The largest absolute Gasteiger partial charge is 0.288 e. The first-order chi connectivity index (χ1) is 10.1. The fourth-order valence-corrected chi connectivity index (χ4v) is 3.96. The van der Waals surface area contributed by atoms with E-state index < -0.39 is 0 Å². The van der Waals surface area contributed by atoms with Crippen LogP contribution in [0.15, 0.2) is 29.8 Å². The third kappa shape index (κ3) is 3.14. The van der Waals surface area contributed by atoms with Gasteiger partial charge in [-0.25, -0.2) is 4.98 Å². The Bertz CT molecular complexity index is 672. The number of hydrogen-bond acceptors (Lipinski definition) is 6. The standard InChI is InChI=1S/C14H13N3O2S2/c1-9(18)21-10-6-13(19)17(7-10)14-16-12(8-20-14)11-4-2-3-5-15-11/h2-5,8,10H,6-7H2,1H3. The van der Waals surface area contributed by atoms with Gasteiger partial charge in [0.05, 0.1) is 5.69 Å². The highest BCUT2D eigenvalue weighted by Gasteiger charge is 2.33. The second-order valence-electron chi connectivity index (χ2n) is 4.67. The molecular weight excluding hydrogens is 306 g/mol. The fourth-order valence-electron chi connectivity index (χ4n) is 2.19. The number of pyridine rings is 1. The van der Waals surface area contributed by atoms with Gasteiger partial charge in [0.2, 0.25) is 5.91 Å². The van der Waals surface area contributed by atoms with Crippen LogP contribution in [0.3, 0.4) is 0 Å². The molecule has 0 spiro atoms. The third-order valence-electron chi connectivity index (χ3n) is 3.07. The molecule has 1 aliphatic heterocycles. The first-order valence-corrected chi connectivity index (χ1v) is 8.24. The predicted molar refractivity (Wildman–Crippen MR) is 84.4 cm³/mol. The molecule has 2 aromatic heterocycles. The average Bonchev–Trinajstić information content (AvgIpc) is 3.06. The summed E-state index contributed by atoms with van der Waals surface area (Å²) in [4.78, 5) is 33.6. The molecule has 0 aromatic carbocycles. The number of thioether (sulfide) groups is 1. The minimum absolute atomic E-state index is 0.0238. The number of aromatic nitrogens is 2. The summed E-state index contributed by atoms with van der Waals surface area (Å²) < 4.78 is 0. The molecule has 1 atom stereocenters. The van der Waals surface area contributed by atoms with Crippen LogP contribution in [0.25, 0.3) is 11.4 Å². The number of amides is 1. The second kappa shape index (κ2) is 5.95. The lowest BCUT2D eigenvalue weighted by Gasteiger charge is -2.11. The fraction of sp³-hybridized carbons (Fsp3) is 0.286. The van der Waals surface area contributed by atoms with Gasteiger partial charge in [0.1, 0.15) is 5.69 Å². The summed E-state index contributed by atoms with van der Waals surface area (Å²) in [6.45, 7) is 2.07. The molecule has 0 bridgehead atoms. The molecule has 1 fully saturated rings. The maximum Gasteiger partial charge on any atom is 0.230 e. The van der Waals surface area contributed by atoms with E-state index in [1.54, 1.807) is 11.1 Å². The van der Waals surface area contributed by atoms with Crippen LogP contribution in [0.2, 0.25) is 0 Å². The first-order valence-electron chi connectivity index (χ1n) is 6.48.